The van der Waals surface area contributed by atoms with Crippen LogP contribution in [0.3, 0.4) is 0 Å². The molecule has 0 bridgehead atoms. The van der Waals surface area contributed by atoms with E-state index >= 15 is 0 Å². The predicted molar refractivity (Wildman–Crippen MR) is 171 cm³/mol. The minimum absolute atomic E-state index is 0.00984. The zero-order valence-electron chi connectivity index (χ0n) is 25.3. The van der Waals surface area contributed by atoms with Crippen LogP contribution in [0.1, 0.15) is 80.6 Å². The summed E-state index contributed by atoms with van der Waals surface area (Å²) in [4.78, 5) is 31.3. The second-order valence-corrected chi connectivity index (χ2v) is 15.1. The summed E-state index contributed by atoms with van der Waals surface area (Å²) in [6.45, 7) is 7.12. The molecule has 44 heavy (non-hydrogen) atoms. The lowest BCUT2D eigenvalue weighted by Gasteiger charge is -2.37. The maximum Gasteiger partial charge on any atom is 0.264 e. The zero-order chi connectivity index (χ0) is 31.2. The number of carbonyl (C=O) groups excluding carboxylic acids is 2. The molecule has 1 aromatic heterocycles. The van der Waals surface area contributed by atoms with Gasteiger partial charge in [0.25, 0.3) is 5.91 Å². The third kappa shape index (κ3) is 6.26. The van der Waals surface area contributed by atoms with Crippen molar-refractivity contribution in [3.05, 3.63) is 58.4 Å². The first kappa shape index (κ1) is 31.0. The molecule has 6 rings (SSSR count). The van der Waals surface area contributed by atoms with Gasteiger partial charge in [-0.3, -0.25) is 14.5 Å². The third-order valence-corrected chi connectivity index (χ3v) is 11.6. The Kier molecular flexibility index (Phi) is 8.78. The van der Waals surface area contributed by atoms with Gasteiger partial charge in [-0.2, -0.15) is 0 Å². The number of halogens is 2. The molecule has 1 aliphatic heterocycles. The Labute approximate surface area is 263 Å². The number of fused-ring (bicyclic) bond motifs is 1. The van der Waals surface area contributed by atoms with Gasteiger partial charge < -0.3 is 9.47 Å². The van der Waals surface area contributed by atoms with Crippen LogP contribution in [-0.2, 0) is 21.4 Å². The zero-order valence-corrected chi connectivity index (χ0v) is 26.9. The fourth-order valence-corrected chi connectivity index (χ4v) is 8.23. The second-order valence-electron chi connectivity index (χ2n) is 12.7. The van der Waals surface area contributed by atoms with Gasteiger partial charge in [0, 0.05) is 48.7 Å². The van der Waals surface area contributed by atoms with Gasteiger partial charge in [0.15, 0.2) is 0 Å². The minimum Gasteiger partial charge on any atom is -0.339 e. The predicted octanol–water partition coefficient (Wildman–Crippen LogP) is 5.92. The SMILES string of the molecule is CC(C)N1CCN(C(=O)Cn2c(-c3ccc(Cl)c(F)c3)c(C3CCCCC3)c3ccc(C(=O)NS(=O)(=O)C4CC4)cc32)CC1. The summed E-state index contributed by atoms with van der Waals surface area (Å²) in [6.07, 6.45) is 6.33. The van der Waals surface area contributed by atoms with E-state index in [2.05, 4.69) is 23.5 Å². The smallest absolute Gasteiger partial charge is 0.264 e. The topological polar surface area (TPSA) is 91.7 Å². The Balaban J connectivity index is 1.47. The number of nitrogens with one attached hydrogen (secondary N) is 1. The van der Waals surface area contributed by atoms with Crippen LogP contribution >= 0.6 is 11.6 Å². The average Bonchev–Trinajstić information content (AvgIpc) is 3.83. The molecule has 2 saturated carbocycles. The Morgan fingerprint density at radius 1 is 0.977 bits per heavy atom. The molecule has 3 aliphatic rings. The quantitative estimate of drug-likeness (QED) is 0.329. The monoisotopic (exact) mass is 642 g/mol. The lowest BCUT2D eigenvalue weighted by atomic mass is 9.81. The van der Waals surface area contributed by atoms with Gasteiger partial charge in [-0.05, 0) is 75.3 Å². The van der Waals surface area contributed by atoms with Crippen LogP contribution in [0.4, 0.5) is 4.39 Å². The van der Waals surface area contributed by atoms with Gasteiger partial charge >= 0.3 is 0 Å². The molecule has 3 fully saturated rings. The average molecular weight is 643 g/mol. The molecular formula is C33H40ClFN4O4S. The Hall–Kier alpha value is -2.95. The molecule has 2 amide bonds. The van der Waals surface area contributed by atoms with E-state index in [1.165, 1.54) is 12.1 Å². The highest BCUT2D eigenvalue weighted by Gasteiger charge is 2.37. The van der Waals surface area contributed by atoms with Crippen molar-refractivity contribution >= 4 is 44.3 Å². The fourth-order valence-electron chi connectivity index (χ4n) is 6.81. The van der Waals surface area contributed by atoms with Crippen molar-refractivity contribution in [2.75, 3.05) is 26.2 Å². The van der Waals surface area contributed by atoms with Gasteiger partial charge in [-0.15, -0.1) is 0 Å². The molecule has 3 aromatic rings. The molecule has 8 nitrogen and oxygen atoms in total. The summed E-state index contributed by atoms with van der Waals surface area (Å²) < 4.78 is 44.2. The summed E-state index contributed by atoms with van der Waals surface area (Å²) >= 11 is 6.09. The van der Waals surface area contributed by atoms with E-state index in [0.717, 1.165) is 61.8 Å². The highest BCUT2D eigenvalue weighted by molar-refractivity contribution is 7.91. The molecule has 0 radical (unpaired) electrons. The standard InChI is InChI=1S/C33H40ClFN4O4S/c1-21(2)37-14-16-38(17-15-37)30(40)20-39-29-19-24(33(41)36-44(42,43)25-10-11-25)8-12-26(29)31(22-6-4-3-5-7-22)32(39)23-9-13-27(34)28(35)18-23/h8-9,12-13,18-19,21-22,25H,3-7,10-11,14-17,20H2,1-2H3,(H,36,41). The lowest BCUT2D eigenvalue weighted by molar-refractivity contribution is -0.133. The largest absolute Gasteiger partial charge is 0.339 e. The summed E-state index contributed by atoms with van der Waals surface area (Å²) in [7, 11) is -3.74. The minimum atomic E-state index is -3.74. The number of benzene rings is 2. The van der Waals surface area contributed by atoms with Crippen molar-refractivity contribution in [2.24, 2.45) is 0 Å². The van der Waals surface area contributed by atoms with Crippen LogP contribution in [0.2, 0.25) is 5.02 Å². The van der Waals surface area contributed by atoms with Crippen LogP contribution in [0, 0.1) is 5.82 Å². The van der Waals surface area contributed by atoms with E-state index in [0.29, 0.717) is 43.1 Å². The number of amides is 2. The first-order valence-corrected chi connectivity index (χ1v) is 17.6. The van der Waals surface area contributed by atoms with Crippen molar-refractivity contribution in [1.29, 1.82) is 0 Å². The van der Waals surface area contributed by atoms with Crippen LogP contribution in [0.25, 0.3) is 22.2 Å². The number of nitrogens with zero attached hydrogens (tertiary/aromatic N) is 3. The van der Waals surface area contributed by atoms with E-state index in [-0.39, 0.29) is 29.0 Å². The van der Waals surface area contributed by atoms with E-state index in [4.69, 9.17) is 11.6 Å². The first-order chi connectivity index (χ1) is 21.0. The molecule has 0 unspecified atom stereocenters. The summed E-state index contributed by atoms with van der Waals surface area (Å²) in [5, 5.41) is 0.379. The maximum absolute atomic E-state index is 14.9. The molecule has 236 valence electrons. The molecule has 1 N–H and O–H groups in total. The fraction of sp³-hybridized carbons (Fsp3) is 0.515. The van der Waals surface area contributed by atoms with Crippen LogP contribution in [0.15, 0.2) is 36.4 Å². The highest BCUT2D eigenvalue weighted by Crippen LogP contribution is 2.45. The molecule has 1 saturated heterocycles. The Morgan fingerprint density at radius 2 is 1.68 bits per heavy atom. The molecule has 0 spiro atoms. The number of sulfonamides is 1. The second kappa shape index (κ2) is 12.4. The Morgan fingerprint density at radius 3 is 2.32 bits per heavy atom. The van der Waals surface area contributed by atoms with Crippen molar-refractivity contribution < 1.29 is 22.4 Å². The van der Waals surface area contributed by atoms with Crippen LogP contribution < -0.4 is 4.72 Å². The lowest BCUT2D eigenvalue weighted by Crippen LogP contribution is -2.51. The number of rotatable bonds is 8. The molecule has 11 heteroatoms. The summed E-state index contributed by atoms with van der Waals surface area (Å²) in [5.41, 5.74) is 3.25. The highest BCUT2D eigenvalue weighted by atomic mass is 35.5. The van der Waals surface area contributed by atoms with Gasteiger partial charge in [0.05, 0.1) is 21.5 Å². The van der Waals surface area contributed by atoms with E-state index < -0.39 is 27.0 Å². The Bertz CT molecular complexity index is 1690. The third-order valence-electron chi connectivity index (χ3n) is 9.46. The normalized spacial score (nSPS) is 18.7. The van der Waals surface area contributed by atoms with Crippen molar-refractivity contribution in [2.45, 2.75) is 82.5 Å². The molecule has 2 aliphatic carbocycles. The van der Waals surface area contributed by atoms with E-state index in [1.807, 2.05) is 15.5 Å². The van der Waals surface area contributed by atoms with Gasteiger partial charge in [-0.1, -0.05) is 43.0 Å². The van der Waals surface area contributed by atoms with Crippen LogP contribution in [0.5, 0.6) is 0 Å². The summed E-state index contributed by atoms with van der Waals surface area (Å²) in [6, 6.07) is 10.3. The number of piperazine rings is 1. The van der Waals surface area contributed by atoms with Gasteiger partial charge in [0.2, 0.25) is 15.9 Å². The molecule has 2 heterocycles. The number of aromatic nitrogens is 1. The number of carbonyl (C=O) groups is 2. The molecule has 0 atom stereocenters. The van der Waals surface area contributed by atoms with Gasteiger partial charge in [0.1, 0.15) is 12.4 Å². The van der Waals surface area contributed by atoms with Crippen molar-refractivity contribution in [3.63, 3.8) is 0 Å². The van der Waals surface area contributed by atoms with Gasteiger partial charge in [-0.25, -0.2) is 17.5 Å². The van der Waals surface area contributed by atoms with Crippen molar-refractivity contribution in [1.82, 2.24) is 19.1 Å². The molecule has 2 aromatic carbocycles. The molecular weight excluding hydrogens is 603 g/mol. The summed E-state index contributed by atoms with van der Waals surface area (Å²) in [5.74, 6) is -1.10. The van der Waals surface area contributed by atoms with E-state index in [1.54, 1.807) is 18.2 Å². The van der Waals surface area contributed by atoms with E-state index in [9.17, 15) is 22.4 Å². The van der Waals surface area contributed by atoms with Crippen molar-refractivity contribution in [3.8, 4) is 11.3 Å². The van der Waals surface area contributed by atoms with Crippen LogP contribution in [-0.4, -0.2) is 72.1 Å². The maximum atomic E-state index is 14.9. The number of hydrogen-bond acceptors (Lipinski definition) is 5. The number of hydrogen-bond donors (Lipinski definition) is 1. The first-order valence-electron chi connectivity index (χ1n) is 15.7.